The number of rotatable bonds is 8. The molecule has 0 radical (unpaired) electrons. The van der Waals surface area contributed by atoms with Gasteiger partial charge < -0.3 is 10.2 Å². The molecule has 0 aromatic heterocycles. The van der Waals surface area contributed by atoms with Crippen molar-refractivity contribution in [3.05, 3.63) is 69.2 Å². The molecule has 0 fully saturated rings. The predicted octanol–water partition coefficient (Wildman–Crippen LogP) is 4.79. The smallest absolute Gasteiger partial charge is 0.242 e. The number of nitrogens with zero attached hydrogens (tertiary/aromatic N) is 1. The number of amides is 2. The molecule has 0 unspecified atom stereocenters. The lowest BCUT2D eigenvalue weighted by Gasteiger charge is -2.31. The van der Waals surface area contributed by atoms with Crippen LogP contribution in [0.5, 0.6) is 0 Å². The zero-order valence-corrected chi connectivity index (χ0v) is 18.0. The Morgan fingerprint density at radius 1 is 1.11 bits per heavy atom. The Hall–Kier alpha value is -2.04. The number of hydrogen-bond donors (Lipinski definition) is 1. The quantitative estimate of drug-likeness (QED) is 0.667. The van der Waals surface area contributed by atoms with Gasteiger partial charge in [-0.2, -0.15) is 0 Å². The zero-order valence-electron chi connectivity index (χ0n) is 16.5. The van der Waals surface area contributed by atoms with Gasteiger partial charge in [-0.1, -0.05) is 66.0 Å². The van der Waals surface area contributed by atoms with Crippen molar-refractivity contribution in [3.63, 3.8) is 0 Å². The minimum absolute atomic E-state index is 0.116. The third-order valence-corrected chi connectivity index (χ3v) is 5.12. The van der Waals surface area contributed by atoms with Crippen molar-refractivity contribution in [3.8, 4) is 0 Å². The van der Waals surface area contributed by atoms with Crippen LogP contribution in [0.2, 0.25) is 10.0 Å². The fraction of sp³-hybridized carbons (Fsp3) is 0.364. The van der Waals surface area contributed by atoms with Crippen LogP contribution in [0.25, 0.3) is 0 Å². The minimum Gasteiger partial charge on any atom is -0.355 e. The number of aryl methyl sites for hydroxylation is 1. The highest BCUT2D eigenvalue weighted by Crippen LogP contribution is 2.24. The van der Waals surface area contributed by atoms with Crippen LogP contribution >= 0.6 is 23.2 Å². The monoisotopic (exact) mass is 420 g/mol. The minimum atomic E-state index is -0.566. The Morgan fingerprint density at radius 2 is 1.86 bits per heavy atom. The van der Waals surface area contributed by atoms with Crippen molar-refractivity contribution < 1.29 is 9.59 Å². The first-order valence-corrected chi connectivity index (χ1v) is 10.2. The molecular weight excluding hydrogens is 395 g/mol. The second kappa shape index (κ2) is 10.5. The first kappa shape index (κ1) is 22.3. The molecule has 150 valence electrons. The van der Waals surface area contributed by atoms with Crippen LogP contribution in [-0.4, -0.2) is 29.3 Å². The van der Waals surface area contributed by atoms with Crippen molar-refractivity contribution in [2.24, 2.45) is 0 Å². The first-order chi connectivity index (χ1) is 13.3. The summed E-state index contributed by atoms with van der Waals surface area (Å²) < 4.78 is 0. The van der Waals surface area contributed by atoms with Crippen LogP contribution in [0.3, 0.4) is 0 Å². The fourth-order valence-corrected chi connectivity index (χ4v) is 3.61. The summed E-state index contributed by atoms with van der Waals surface area (Å²) >= 11 is 12.3. The first-order valence-electron chi connectivity index (χ1n) is 9.42. The predicted molar refractivity (Wildman–Crippen MR) is 115 cm³/mol. The van der Waals surface area contributed by atoms with E-state index < -0.39 is 6.04 Å². The van der Waals surface area contributed by atoms with Crippen LogP contribution in [-0.2, 0) is 22.6 Å². The Kier molecular flexibility index (Phi) is 8.34. The molecule has 0 aliphatic carbocycles. The molecule has 0 saturated heterocycles. The van der Waals surface area contributed by atoms with E-state index in [1.54, 1.807) is 23.1 Å². The van der Waals surface area contributed by atoms with Crippen molar-refractivity contribution in [2.75, 3.05) is 6.54 Å². The Balaban J connectivity index is 2.33. The Labute approximate surface area is 176 Å². The van der Waals surface area contributed by atoms with Gasteiger partial charge in [-0.15, -0.1) is 0 Å². The van der Waals surface area contributed by atoms with E-state index in [9.17, 15) is 9.59 Å². The maximum atomic E-state index is 13.2. The van der Waals surface area contributed by atoms with Crippen LogP contribution in [0.4, 0.5) is 0 Å². The third-order valence-electron chi connectivity index (χ3n) is 4.53. The van der Waals surface area contributed by atoms with Gasteiger partial charge in [-0.3, -0.25) is 9.59 Å². The summed E-state index contributed by atoms with van der Waals surface area (Å²) in [6.07, 6.45) is 0.736. The van der Waals surface area contributed by atoms with Crippen LogP contribution in [0, 0.1) is 6.92 Å². The van der Waals surface area contributed by atoms with Gasteiger partial charge in [0.25, 0.3) is 0 Å². The van der Waals surface area contributed by atoms with Crippen molar-refractivity contribution in [2.45, 2.75) is 46.2 Å². The molecule has 0 saturated carbocycles. The highest BCUT2D eigenvalue weighted by molar-refractivity contribution is 6.35. The van der Waals surface area contributed by atoms with Crippen molar-refractivity contribution >= 4 is 35.0 Å². The van der Waals surface area contributed by atoms with Crippen LogP contribution in [0.15, 0.2) is 42.5 Å². The molecule has 6 heteroatoms. The van der Waals surface area contributed by atoms with E-state index in [-0.39, 0.29) is 24.8 Å². The summed E-state index contributed by atoms with van der Waals surface area (Å²) in [7, 11) is 0. The van der Waals surface area contributed by atoms with Crippen LogP contribution in [0.1, 0.15) is 37.0 Å². The molecule has 2 amide bonds. The van der Waals surface area contributed by atoms with Gasteiger partial charge >= 0.3 is 0 Å². The highest BCUT2D eigenvalue weighted by atomic mass is 35.5. The van der Waals surface area contributed by atoms with Gasteiger partial charge in [0.15, 0.2) is 0 Å². The molecule has 28 heavy (non-hydrogen) atoms. The average Bonchev–Trinajstić information content (AvgIpc) is 2.63. The second-order valence-corrected chi connectivity index (χ2v) is 7.59. The summed E-state index contributed by atoms with van der Waals surface area (Å²) in [6.45, 7) is 6.51. The number of hydrogen-bond acceptors (Lipinski definition) is 2. The zero-order chi connectivity index (χ0) is 20.7. The number of halogens is 2. The number of benzene rings is 2. The highest BCUT2D eigenvalue weighted by Gasteiger charge is 2.28. The summed E-state index contributed by atoms with van der Waals surface area (Å²) in [5, 5.41) is 3.84. The number of carbonyl (C=O) groups excluding carboxylic acids is 2. The Morgan fingerprint density at radius 3 is 2.46 bits per heavy atom. The average molecular weight is 421 g/mol. The topological polar surface area (TPSA) is 49.4 Å². The summed E-state index contributed by atoms with van der Waals surface area (Å²) in [6, 6.07) is 12.4. The summed E-state index contributed by atoms with van der Waals surface area (Å²) in [5.74, 6) is -0.276. The molecule has 4 nitrogen and oxygen atoms in total. The Bertz CT molecular complexity index is 839. The lowest BCUT2D eigenvalue weighted by Crippen LogP contribution is -2.49. The van der Waals surface area contributed by atoms with E-state index in [2.05, 4.69) is 5.32 Å². The van der Waals surface area contributed by atoms with E-state index in [1.807, 2.05) is 45.0 Å². The van der Waals surface area contributed by atoms with Gasteiger partial charge in [0.05, 0.1) is 6.42 Å². The van der Waals surface area contributed by atoms with Crippen molar-refractivity contribution in [1.82, 2.24) is 10.2 Å². The third kappa shape index (κ3) is 5.98. The van der Waals surface area contributed by atoms with Gasteiger partial charge in [0.1, 0.15) is 6.04 Å². The normalized spacial score (nSPS) is 11.8. The second-order valence-electron chi connectivity index (χ2n) is 6.74. The number of nitrogens with one attached hydrogen (secondary N) is 1. The van der Waals surface area contributed by atoms with E-state index in [1.165, 1.54) is 0 Å². The SMILES string of the molecule is CCNC(=O)[C@H](CC)N(Cc1ccc(Cl)cc1Cl)C(=O)Cc1cccc(C)c1. The molecule has 1 atom stereocenters. The number of likely N-dealkylation sites (N-methyl/N-ethyl adjacent to an activating group) is 1. The van der Waals surface area contributed by atoms with E-state index in [0.29, 0.717) is 23.0 Å². The van der Waals surface area contributed by atoms with Crippen LogP contribution < -0.4 is 5.32 Å². The maximum Gasteiger partial charge on any atom is 0.242 e. The van der Waals surface area contributed by atoms with E-state index >= 15 is 0 Å². The molecule has 2 rings (SSSR count). The van der Waals surface area contributed by atoms with E-state index in [4.69, 9.17) is 23.2 Å². The fourth-order valence-electron chi connectivity index (χ4n) is 3.14. The van der Waals surface area contributed by atoms with Gasteiger partial charge in [0, 0.05) is 23.1 Å². The molecule has 0 spiro atoms. The molecule has 0 bridgehead atoms. The largest absolute Gasteiger partial charge is 0.355 e. The lowest BCUT2D eigenvalue weighted by atomic mass is 10.1. The number of carbonyl (C=O) groups is 2. The van der Waals surface area contributed by atoms with E-state index in [0.717, 1.165) is 16.7 Å². The standard InChI is InChI=1S/C22H26Cl2N2O2/c1-4-20(22(28)25-5-2)26(14-17-9-10-18(23)13-19(17)24)21(27)12-16-8-6-7-15(3)11-16/h6-11,13,20H,4-5,12,14H2,1-3H3,(H,25,28)/t20-/m0/s1. The molecule has 0 aliphatic rings. The van der Waals surface area contributed by atoms with Gasteiger partial charge in [-0.25, -0.2) is 0 Å². The van der Waals surface area contributed by atoms with Gasteiger partial charge in [-0.05, 0) is 43.5 Å². The molecular formula is C22H26Cl2N2O2. The maximum absolute atomic E-state index is 13.2. The van der Waals surface area contributed by atoms with Gasteiger partial charge in [0.2, 0.25) is 11.8 Å². The molecule has 2 aromatic rings. The molecule has 1 N–H and O–H groups in total. The molecule has 2 aromatic carbocycles. The van der Waals surface area contributed by atoms with Crippen molar-refractivity contribution in [1.29, 1.82) is 0 Å². The molecule has 0 heterocycles. The lowest BCUT2D eigenvalue weighted by molar-refractivity contribution is -0.140. The summed E-state index contributed by atoms with van der Waals surface area (Å²) in [4.78, 5) is 27.4. The summed E-state index contributed by atoms with van der Waals surface area (Å²) in [5.41, 5.74) is 2.77. The molecule has 0 aliphatic heterocycles.